The maximum Gasteiger partial charge on any atom is 0.125 e. The number of nitrogens with two attached hydrogens (primary N) is 1. The van der Waals surface area contributed by atoms with Crippen molar-refractivity contribution in [2.24, 2.45) is 10.9 Å². The summed E-state index contributed by atoms with van der Waals surface area (Å²) in [4.78, 5) is 14.5. The third-order valence-corrected chi connectivity index (χ3v) is 5.00. The Morgan fingerprint density at radius 3 is 2.91 bits per heavy atom. The van der Waals surface area contributed by atoms with Gasteiger partial charge in [0.25, 0.3) is 0 Å². The lowest BCUT2D eigenvalue weighted by Crippen LogP contribution is -2.16. The van der Waals surface area contributed by atoms with Crippen molar-refractivity contribution >= 4 is 17.0 Å². The molecule has 6 heteroatoms. The highest BCUT2D eigenvalue weighted by molar-refractivity contribution is 7.18. The fourth-order valence-corrected chi connectivity index (χ4v) is 3.66. The van der Waals surface area contributed by atoms with E-state index in [0.717, 1.165) is 51.8 Å². The van der Waals surface area contributed by atoms with Crippen molar-refractivity contribution < 1.29 is 0 Å². The van der Waals surface area contributed by atoms with Crippen LogP contribution in [-0.2, 0) is 6.42 Å². The first kappa shape index (κ1) is 14.0. The maximum atomic E-state index is 5.52. The fraction of sp³-hybridized carbons (Fsp3) is 0.176. The zero-order chi connectivity index (χ0) is 15.6. The average molecular weight is 321 g/mol. The Morgan fingerprint density at radius 1 is 1.13 bits per heavy atom. The minimum Gasteiger partial charge on any atom is -0.323 e. The SMILES string of the molecule is N/N=C1\CCCc2ccc(-c3cnc(-c4cccnc4)s3)nc21. The number of aromatic nitrogens is 3. The monoisotopic (exact) mass is 321 g/mol. The number of hydrazone groups is 1. The van der Waals surface area contributed by atoms with Crippen molar-refractivity contribution in [3.05, 3.63) is 54.1 Å². The Hall–Kier alpha value is -2.60. The lowest BCUT2D eigenvalue weighted by Gasteiger charge is -2.16. The van der Waals surface area contributed by atoms with Crippen molar-refractivity contribution in [2.75, 3.05) is 0 Å². The molecule has 0 spiro atoms. The van der Waals surface area contributed by atoms with Crippen molar-refractivity contribution in [3.8, 4) is 21.1 Å². The molecule has 0 aromatic carbocycles. The number of nitrogens with zero attached hydrogens (tertiary/aromatic N) is 4. The standard InChI is InChI=1S/C17H15N5S/c18-22-14-5-1-3-11-6-7-13(21-16(11)14)15-10-20-17(23-15)12-4-2-8-19-9-12/h2,4,6-10H,1,3,5,18H2/b22-14+. The molecule has 3 aromatic heterocycles. The Bertz CT molecular complexity index is 870. The van der Waals surface area contributed by atoms with Gasteiger partial charge in [0.15, 0.2) is 0 Å². The van der Waals surface area contributed by atoms with Crippen LogP contribution in [0.3, 0.4) is 0 Å². The van der Waals surface area contributed by atoms with E-state index < -0.39 is 0 Å². The first-order valence-electron chi connectivity index (χ1n) is 7.49. The number of rotatable bonds is 2. The molecule has 3 aromatic rings. The molecule has 2 N–H and O–H groups in total. The molecule has 0 radical (unpaired) electrons. The van der Waals surface area contributed by atoms with E-state index in [1.165, 1.54) is 5.56 Å². The molecule has 23 heavy (non-hydrogen) atoms. The summed E-state index contributed by atoms with van der Waals surface area (Å²) in [6.07, 6.45) is 8.45. The lowest BCUT2D eigenvalue weighted by atomic mass is 9.94. The van der Waals surface area contributed by atoms with Crippen molar-refractivity contribution in [3.63, 3.8) is 0 Å². The van der Waals surface area contributed by atoms with Crippen molar-refractivity contribution in [1.29, 1.82) is 0 Å². The van der Waals surface area contributed by atoms with E-state index in [1.54, 1.807) is 17.5 Å². The fourth-order valence-electron chi connectivity index (χ4n) is 2.78. The molecule has 1 aliphatic carbocycles. The highest BCUT2D eigenvalue weighted by Gasteiger charge is 2.18. The molecule has 0 amide bonds. The van der Waals surface area contributed by atoms with Gasteiger partial charge in [-0.15, -0.1) is 11.3 Å². The van der Waals surface area contributed by atoms with Gasteiger partial charge in [-0.2, -0.15) is 5.10 Å². The summed E-state index contributed by atoms with van der Waals surface area (Å²) < 4.78 is 0. The molecule has 3 heterocycles. The summed E-state index contributed by atoms with van der Waals surface area (Å²) in [6.45, 7) is 0. The van der Waals surface area contributed by atoms with E-state index in [4.69, 9.17) is 10.8 Å². The molecule has 0 fully saturated rings. The molecule has 1 aliphatic rings. The smallest absolute Gasteiger partial charge is 0.125 e. The van der Waals surface area contributed by atoms with Gasteiger partial charge in [0.1, 0.15) is 5.01 Å². The Balaban J connectivity index is 1.73. The van der Waals surface area contributed by atoms with E-state index in [2.05, 4.69) is 27.2 Å². The lowest BCUT2D eigenvalue weighted by molar-refractivity contribution is 0.823. The van der Waals surface area contributed by atoms with Gasteiger partial charge in [-0.25, -0.2) is 9.97 Å². The molecule has 0 bridgehead atoms. The van der Waals surface area contributed by atoms with E-state index in [0.29, 0.717) is 0 Å². The molecular weight excluding hydrogens is 306 g/mol. The van der Waals surface area contributed by atoms with Gasteiger partial charge >= 0.3 is 0 Å². The summed E-state index contributed by atoms with van der Waals surface area (Å²) in [7, 11) is 0. The van der Waals surface area contributed by atoms with Crippen LogP contribution in [0.25, 0.3) is 21.1 Å². The van der Waals surface area contributed by atoms with Gasteiger partial charge in [-0.1, -0.05) is 6.07 Å². The summed E-state index contributed by atoms with van der Waals surface area (Å²) in [6, 6.07) is 8.11. The Kier molecular flexibility index (Phi) is 3.59. The van der Waals surface area contributed by atoms with Crippen LogP contribution in [0.1, 0.15) is 24.1 Å². The summed E-state index contributed by atoms with van der Waals surface area (Å²) in [5.74, 6) is 5.52. The van der Waals surface area contributed by atoms with E-state index in [-0.39, 0.29) is 0 Å². The first-order valence-corrected chi connectivity index (χ1v) is 8.30. The molecule has 0 saturated heterocycles. The molecular formula is C17H15N5S. The van der Waals surface area contributed by atoms with Crippen LogP contribution in [0.15, 0.2) is 48.0 Å². The van der Waals surface area contributed by atoms with E-state index in [9.17, 15) is 0 Å². The van der Waals surface area contributed by atoms with Gasteiger partial charge < -0.3 is 5.84 Å². The maximum absolute atomic E-state index is 5.52. The zero-order valence-corrected chi connectivity index (χ0v) is 13.3. The number of fused-ring (bicyclic) bond motifs is 1. The van der Waals surface area contributed by atoms with E-state index >= 15 is 0 Å². The summed E-state index contributed by atoms with van der Waals surface area (Å²) in [5, 5.41) is 4.85. The van der Waals surface area contributed by atoms with Gasteiger partial charge in [0.2, 0.25) is 0 Å². The number of pyridine rings is 2. The van der Waals surface area contributed by atoms with E-state index in [1.807, 2.05) is 24.5 Å². The van der Waals surface area contributed by atoms with Crippen molar-refractivity contribution in [1.82, 2.24) is 15.0 Å². The largest absolute Gasteiger partial charge is 0.323 e. The molecule has 0 saturated carbocycles. The van der Waals surface area contributed by atoms with Crippen LogP contribution in [0.2, 0.25) is 0 Å². The second-order valence-electron chi connectivity index (χ2n) is 5.40. The topological polar surface area (TPSA) is 77.0 Å². The minimum absolute atomic E-state index is 0.892. The van der Waals surface area contributed by atoms with Gasteiger partial charge in [-0.3, -0.25) is 4.98 Å². The van der Waals surface area contributed by atoms with Crippen molar-refractivity contribution in [2.45, 2.75) is 19.3 Å². The Labute approximate surface area is 138 Å². The Morgan fingerprint density at radius 2 is 2.09 bits per heavy atom. The van der Waals surface area contributed by atoms with Crippen LogP contribution in [-0.4, -0.2) is 20.7 Å². The minimum atomic E-state index is 0.892. The average Bonchev–Trinajstić information content (AvgIpc) is 3.11. The highest BCUT2D eigenvalue weighted by Crippen LogP contribution is 2.32. The summed E-state index contributed by atoms with van der Waals surface area (Å²) in [5.41, 5.74) is 4.99. The molecule has 4 rings (SSSR count). The second kappa shape index (κ2) is 5.89. The molecule has 0 atom stereocenters. The first-order chi connectivity index (χ1) is 11.3. The van der Waals surface area contributed by atoms with Crippen LogP contribution in [0.5, 0.6) is 0 Å². The van der Waals surface area contributed by atoms with Crippen LogP contribution in [0.4, 0.5) is 0 Å². The van der Waals surface area contributed by atoms with Crippen LogP contribution < -0.4 is 5.84 Å². The number of hydrogen-bond donors (Lipinski definition) is 1. The number of hydrogen-bond acceptors (Lipinski definition) is 6. The number of aryl methyl sites for hydroxylation is 1. The molecule has 0 aliphatic heterocycles. The van der Waals surface area contributed by atoms with Crippen LogP contribution in [0, 0.1) is 0 Å². The molecule has 0 unspecified atom stereocenters. The predicted octanol–water partition coefficient (Wildman–Crippen LogP) is 3.27. The summed E-state index contributed by atoms with van der Waals surface area (Å²) >= 11 is 1.61. The number of thiazole rings is 1. The third-order valence-electron chi connectivity index (χ3n) is 3.93. The zero-order valence-electron chi connectivity index (χ0n) is 12.4. The van der Waals surface area contributed by atoms with Gasteiger partial charge in [-0.05, 0) is 43.0 Å². The third kappa shape index (κ3) is 2.61. The second-order valence-corrected chi connectivity index (χ2v) is 6.44. The quantitative estimate of drug-likeness (QED) is 0.580. The normalized spacial score (nSPS) is 15.6. The highest BCUT2D eigenvalue weighted by atomic mass is 32.1. The predicted molar refractivity (Wildman–Crippen MR) is 92.2 cm³/mol. The molecule has 114 valence electrons. The van der Waals surface area contributed by atoms with Crippen LogP contribution >= 0.6 is 11.3 Å². The van der Waals surface area contributed by atoms with Gasteiger partial charge in [0.05, 0.1) is 22.0 Å². The molecule has 5 nitrogen and oxygen atoms in total. The van der Waals surface area contributed by atoms with Gasteiger partial charge in [0, 0.05) is 24.2 Å².